The second-order valence-electron chi connectivity index (χ2n) is 6.97. The summed E-state index contributed by atoms with van der Waals surface area (Å²) >= 11 is 19.2. The van der Waals surface area contributed by atoms with Gasteiger partial charge in [-0.1, -0.05) is 46.6 Å². The standard InChI is InChI=1S/C24H19Cl3N2O4S/c25-15-1-6-18(7-2-15)34-19-8-3-16(4-9-19)28-22(30)11-12-24(32)33-14-23(31)29-17-5-10-20(26)21(27)13-17/h1-10,13H,11-12,14H2,(H,28,30)(H,29,31). The molecule has 3 aromatic rings. The molecule has 0 aliphatic heterocycles. The molecular formula is C24H19Cl3N2O4S. The Bertz CT molecular complexity index is 1170. The molecule has 0 bridgehead atoms. The van der Waals surface area contributed by atoms with E-state index in [-0.39, 0.29) is 23.8 Å². The molecule has 0 fully saturated rings. The van der Waals surface area contributed by atoms with Gasteiger partial charge in [0, 0.05) is 32.6 Å². The summed E-state index contributed by atoms with van der Waals surface area (Å²) in [6.45, 7) is -0.479. The summed E-state index contributed by atoms with van der Waals surface area (Å²) in [6.07, 6.45) is -0.231. The van der Waals surface area contributed by atoms with Crippen LogP contribution in [0.1, 0.15) is 12.8 Å². The zero-order valence-electron chi connectivity index (χ0n) is 17.6. The van der Waals surface area contributed by atoms with Crippen LogP contribution in [0.5, 0.6) is 0 Å². The lowest BCUT2D eigenvalue weighted by molar-refractivity contribution is -0.147. The Hall–Kier alpha value is -2.71. The number of halogens is 3. The minimum Gasteiger partial charge on any atom is -0.456 e. The van der Waals surface area contributed by atoms with Crippen molar-refractivity contribution in [1.82, 2.24) is 0 Å². The number of esters is 1. The fourth-order valence-electron chi connectivity index (χ4n) is 2.67. The average Bonchev–Trinajstić information content (AvgIpc) is 2.81. The molecular weight excluding hydrogens is 519 g/mol. The van der Waals surface area contributed by atoms with Crippen molar-refractivity contribution in [3.05, 3.63) is 81.8 Å². The zero-order chi connectivity index (χ0) is 24.5. The van der Waals surface area contributed by atoms with Crippen molar-refractivity contribution in [2.45, 2.75) is 22.6 Å². The van der Waals surface area contributed by atoms with Crippen LogP contribution in [-0.2, 0) is 19.1 Å². The monoisotopic (exact) mass is 536 g/mol. The third-order valence-corrected chi connectivity index (χ3v) is 6.32. The number of rotatable bonds is 9. The first-order chi connectivity index (χ1) is 16.3. The third kappa shape index (κ3) is 8.57. The summed E-state index contributed by atoms with van der Waals surface area (Å²) in [7, 11) is 0. The van der Waals surface area contributed by atoms with E-state index < -0.39 is 18.5 Å². The van der Waals surface area contributed by atoms with Gasteiger partial charge in [-0.3, -0.25) is 14.4 Å². The molecule has 0 saturated carbocycles. The van der Waals surface area contributed by atoms with Crippen molar-refractivity contribution in [2.75, 3.05) is 17.2 Å². The van der Waals surface area contributed by atoms with Gasteiger partial charge in [0.25, 0.3) is 5.91 Å². The average molecular weight is 538 g/mol. The van der Waals surface area contributed by atoms with Crippen molar-refractivity contribution in [1.29, 1.82) is 0 Å². The van der Waals surface area contributed by atoms with Gasteiger partial charge >= 0.3 is 5.97 Å². The smallest absolute Gasteiger partial charge is 0.306 e. The Morgan fingerprint density at radius 1 is 0.706 bits per heavy atom. The molecule has 3 rings (SSSR count). The van der Waals surface area contributed by atoms with E-state index in [1.165, 1.54) is 12.1 Å². The fourth-order valence-corrected chi connectivity index (χ4v) is 3.91. The molecule has 0 atom stereocenters. The van der Waals surface area contributed by atoms with E-state index in [2.05, 4.69) is 10.6 Å². The highest BCUT2D eigenvalue weighted by atomic mass is 35.5. The second kappa shape index (κ2) is 12.7. The number of hydrogen-bond acceptors (Lipinski definition) is 5. The molecule has 2 N–H and O–H groups in total. The zero-order valence-corrected chi connectivity index (χ0v) is 20.7. The molecule has 6 nitrogen and oxygen atoms in total. The summed E-state index contributed by atoms with van der Waals surface area (Å²) in [5, 5.41) is 6.59. The molecule has 0 unspecified atom stereocenters. The molecule has 176 valence electrons. The quantitative estimate of drug-likeness (QED) is 0.297. The van der Waals surface area contributed by atoms with Crippen LogP contribution in [-0.4, -0.2) is 24.4 Å². The predicted molar refractivity (Wildman–Crippen MR) is 136 cm³/mol. The van der Waals surface area contributed by atoms with Gasteiger partial charge in [0.05, 0.1) is 16.5 Å². The Labute approximate surface area is 215 Å². The number of ether oxygens (including phenoxy) is 1. The summed E-state index contributed by atoms with van der Waals surface area (Å²) < 4.78 is 4.91. The molecule has 0 heterocycles. The Morgan fingerprint density at radius 2 is 1.29 bits per heavy atom. The number of hydrogen-bond donors (Lipinski definition) is 2. The van der Waals surface area contributed by atoms with Crippen LogP contribution in [0.4, 0.5) is 11.4 Å². The molecule has 10 heteroatoms. The molecule has 0 aliphatic rings. The van der Waals surface area contributed by atoms with Gasteiger partial charge in [0.2, 0.25) is 5.91 Å². The molecule has 0 saturated heterocycles. The first kappa shape index (κ1) is 25.9. The Morgan fingerprint density at radius 3 is 1.94 bits per heavy atom. The number of benzene rings is 3. The largest absolute Gasteiger partial charge is 0.456 e. The van der Waals surface area contributed by atoms with Crippen LogP contribution in [0.3, 0.4) is 0 Å². The normalized spacial score (nSPS) is 10.4. The maximum Gasteiger partial charge on any atom is 0.306 e. The number of nitrogens with one attached hydrogen (secondary N) is 2. The molecule has 0 radical (unpaired) electrons. The minimum absolute atomic E-state index is 0.0749. The van der Waals surface area contributed by atoms with Crippen molar-refractivity contribution in [2.24, 2.45) is 0 Å². The van der Waals surface area contributed by atoms with Gasteiger partial charge in [-0.2, -0.15) is 0 Å². The minimum atomic E-state index is -0.658. The maximum absolute atomic E-state index is 12.1. The number of carbonyl (C=O) groups is 3. The fraction of sp³-hybridized carbons (Fsp3) is 0.125. The van der Waals surface area contributed by atoms with Gasteiger partial charge in [-0.05, 0) is 66.7 Å². The lowest BCUT2D eigenvalue weighted by Gasteiger charge is -2.08. The van der Waals surface area contributed by atoms with Gasteiger partial charge in [-0.25, -0.2) is 0 Å². The Kier molecular flexibility index (Phi) is 9.65. The van der Waals surface area contributed by atoms with Crippen LogP contribution in [0.15, 0.2) is 76.5 Å². The molecule has 3 aromatic carbocycles. The summed E-state index contributed by atoms with van der Waals surface area (Å²) in [6, 6.07) is 19.4. The summed E-state index contributed by atoms with van der Waals surface area (Å²) in [5.74, 6) is -1.53. The molecule has 2 amide bonds. The lowest BCUT2D eigenvalue weighted by Crippen LogP contribution is -2.21. The van der Waals surface area contributed by atoms with Gasteiger partial charge in [0.1, 0.15) is 0 Å². The highest BCUT2D eigenvalue weighted by Crippen LogP contribution is 2.29. The van der Waals surface area contributed by atoms with E-state index in [1.807, 2.05) is 36.4 Å². The second-order valence-corrected chi connectivity index (χ2v) is 9.36. The van der Waals surface area contributed by atoms with Crippen LogP contribution in [0, 0.1) is 0 Å². The maximum atomic E-state index is 12.1. The summed E-state index contributed by atoms with van der Waals surface area (Å²) in [4.78, 5) is 37.9. The first-order valence-electron chi connectivity index (χ1n) is 10.0. The van der Waals surface area contributed by atoms with E-state index >= 15 is 0 Å². The van der Waals surface area contributed by atoms with Crippen molar-refractivity contribution in [3.8, 4) is 0 Å². The van der Waals surface area contributed by atoms with Crippen LogP contribution in [0.25, 0.3) is 0 Å². The molecule has 0 spiro atoms. The van der Waals surface area contributed by atoms with Gasteiger partial charge in [-0.15, -0.1) is 0 Å². The van der Waals surface area contributed by atoms with Gasteiger partial charge < -0.3 is 15.4 Å². The van der Waals surface area contributed by atoms with Crippen LogP contribution in [0.2, 0.25) is 15.1 Å². The van der Waals surface area contributed by atoms with E-state index in [0.29, 0.717) is 21.4 Å². The number of carbonyl (C=O) groups excluding carboxylic acids is 3. The molecule has 34 heavy (non-hydrogen) atoms. The van der Waals surface area contributed by atoms with Crippen LogP contribution < -0.4 is 10.6 Å². The summed E-state index contributed by atoms with van der Waals surface area (Å²) in [5.41, 5.74) is 1.03. The molecule has 0 aliphatic carbocycles. The third-order valence-electron chi connectivity index (χ3n) is 4.31. The number of amides is 2. The van der Waals surface area contributed by atoms with Gasteiger partial charge in [0.15, 0.2) is 6.61 Å². The van der Waals surface area contributed by atoms with Crippen molar-refractivity contribution >= 4 is 75.7 Å². The highest BCUT2D eigenvalue weighted by Gasteiger charge is 2.12. The van der Waals surface area contributed by atoms with Crippen molar-refractivity contribution < 1.29 is 19.1 Å². The predicted octanol–water partition coefficient (Wildman–Crippen LogP) is 6.70. The van der Waals surface area contributed by atoms with E-state index in [1.54, 1.807) is 30.0 Å². The van der Waals surface area contributed by atoms with Crippen molar-refractivity contribution in [3.63, 3.8) is 0 Å². The molecule has 0 aromatic heterocycles. The van der Waals surface area contributed by atoms with Crippen LogP contribution >= 0.6 is 46.6 Å². The Balaban J connectivity index is 1.36. The lowest BCUT2D eigenvalue weighted by atomic mass is 10.2. The van der Waals surface area contributed by atoms with E-state index in [9.17, 15) is 14.4 Å². The van der Waals surface area contributed by atoms with E-state index in [0.717, 1.165) is 9.79 Å². The highest BCUT2D eigenvalue weighted by molar-refractivity contribution is 7.99. The SMILES string of the molecule is O=C(CCC(=O)OCC(=O)Nc1ccc(Cl)c(Cl)c1)Nc1ccc(Sc2ccc(Cl)cc2)cc1. The first-order valence-corrected chi connectivity index (χ1v) is 12.0. The van der Waals surface area contributed by atoms with E-state index in [4.69, 9.17) is 39.5 Å². The topological polar surface area (TPSA) is 84.5 Å². The number of anilines is 2.